The number of rotatable bonds is 5. The molecule has 0 saturated heterocycles. The zero-order chi connectivity index (χ0) is 20.5. The molecule has 29 heavy (non-hydrogen) atoms. The molecule has 0 radical (unpaired) electrons. The van der Waals surface area contributed by atoms with E-state index in [1.807, 2.05) is 0 Å². The Hall–Kier alpha value is -2.92. The Morgan fingerprint density at radius 1 is 1.17 bits per heavy atom. The number of hydrazine groups is 2. The first-order valence-electron chi connectivity index (χ1n) is 8.30. The van der Waals surface area contributed by atoms with Crippen molar-refractivity contribution in [3.63, 3.8) is 0 Å². The molecule has 9 nitrogen and oxygen atoms in total. The van der Waals surface area contributed by atoms with Crippen molar-refractivity contribution in [1.29, 1.82) is 0 Å². The molecular formula is C17H13Cl2N7O2S. The van der Waals surface area contributed by atoms with Gasteiger partial charge < -0.3 is 0 Å². The van der Waals surface area contributed by atoms with Crippen molar-refractivity contribution in [2.24, 2.45) is 5.10 Å². The van der Waals surface area contributed by atoms with Crippen LogP contribution in [0.3, 0.4) is 0 Å². The van der Waals surface area contributed by atoms with Gasteiger partial charge in [0.15, 0.2) is 5.84 Å². The molecule has 0 spiro atoms. The number of nitro groups is 1. The van der Waals surface area contributed by atoms with Gasteiger partial charge in [0.25, 0.3) is 5.69 Å². The predicted octanol–water partition coefficient (Wildman–Crippen LogP) is 3.94. The van der Waals surface area contributed by atoms with E-state index in [0.29, 0.717) is 38.3 Å². The summed E-state index contributed by atoms with van der Waals surface area (Å²) in [6.07, 6.45) is 1.72. The number of aromatic nitrogens is 2. The topological polar surface area (TPSA) is 104 Å². The van der Waals surface area contributed by atoms with Crippen molar-refractivity contribution in [2.45, 2.75) is 6.54 Å². The maximum Gasteiger partial charge on any atom is 0.269 e. The third kappa shape index (κ3) is 3.70. The van der Waals surface area contributed by atoms with Crippen LogP contribution in [-0.2, 0) is 6.54 Å². The van der Waals surface area contributed by atoms with E-state index in [1.54, 1.807) is 46.2 Å². The summed E-state index contributed by atoms with van der Waals surface area (Å²) in [6.45, 7) is 0.404. The van der Waals surface area contributed by atoms with Gasteiger partial charge in [0.2, 0.25) is 0 Å². The Morgan fingerprint density at radius 3 is 2.66 bits per heavy atom. The smallest absolute Gasteiger partial charge is 0.269 e. The van der Waals surface area contributed by atoms with Crippen LogP contribution in [0.1, 0.15) is 11.1 Å². The fourth-order valence-corrected chi connectivity index (χ4v) is 3.53. The molecule has 0 bridgehead atoms. The molecule has 2 aromatic carbocycles. The van der Waals surface area contributed by atoms with Crippen molar-refractivity contribution in [2.75, 3.05) is 0 Å². The first kappa shape index (κ1) is 19.4. The number of hydrazone groups is 1. The molecule has 3 aromatic rings. The molecule has 0 atom stereocenters. The van der Waals surface area contributed by atoms with E-state index in [2.05, 4.69) is 21.3 Å². The van der Waals surface area contributed by atoms with E-state index in [0.717, 1.165) is 5.56 Å². The lowest BCUT2D eigenvalue weighted by Gasteiger charge is -2.18. The second kappa shape index (κ2) is 7.84. The van der Waals surface area contributed by atoms with E-state index in [1.165, 1.54) is 12.1 Å². The van der Waals surface area contributed by atoms with E-state index < -0.39 is 4.92 Å². The summed E-state index contributed by atoms with van der Waals surface area (Å²) in [4.78, 5) is 10.4. The number of nitrogens with one attached hydrogen (secondary N) is 3. The minimum atomic E-state index is -0.435. The predicted molar refractivity (Wildman–Crippen MR) is 112 cm³/mol. The zero-order valence-electron chi connectivity index (χ0n) is 14.6. The second-order valence-corrected chi connectivity index (χ2v) is 7.24. The minimum Gasteiger partial charge on any atom is -0.299 e. The summed E-state index contributed by atoms with van der Waals surface area (Å²) in [6, 6.07) is 11.6. The van der Waals surface area contributed by atoms with Gasteiger partial charge in [0, 0.05) is 18.3 Å². The summed E-state index contributed by atoms with van der Waals surface area (Å²) in [5, 5.41) is 20.7. The Kier molecular flexibility index (Phi) is 5.24. The number of amidine groups is 1. The summed E-state index contributed by atoms with van der Waals surface area (Å²) < 4.78 is 2.11. The first-order valence-corrected chi connectivity index (χ1v) is 9.46. The SMILES string of the molecule is O=[N+]([O-])c1ccc(CN2NNN=C2c2c[nH]n(-c3cccc(Cl)c3Cl)c2=S)cc1. The van der Waals surface area contributed by atoms with Gasteiger partial charge in [-0.25, -0.2) is 10.2 Å². The highest BCUT2D eigenvalue weighted by molar-refractivity contribution is 7.71. The van der Waals surface area contributed by atoms with Crippen LogP contribution in [0.4, 0.5) is 5.69 Å². The lowest BCUT2D eigenvalue weighted by molar-refractivity contribution is -0.384. The number of non-ortho nitro benzene ring substituents is 1. The molecule has 0 unspecified atom stereocenters. The number of halogens is 2. The molecule has 0 saturated carbocycles. The van der Waals surface area contributed by atoms with Crippen LogP contribution in [0, 0.1) is 14.8 Å². The third-order valence-electron chi connectivity index (χ3n) is 4.27. The van der Waals surface area contributed by atoms with Crippen LogP contribution in [0.5, 0.6) is 0 Å². The van der Waals surface area contributed by atoms with E-state index >= 15 is 0 Å². The van der Waals surface area contributed by atoms with Gasteiger partial charge in [0.05, 0.1) is 32.8 Å². The van der Waals surface area contributed by atoms with E-state index in [9.17, 15) is 10.1 Å². The van der Waals surface area contributed by atoms with Gasteiger partial charge in [-0.3, -0.25) is 20.2 Å². The minimum absolute atomic E-state index is 0.0352. The normalized spacial score (nSPS) is 13.3. The van der Waals surface area contributed by atoms with Crippen molar-refractivity contribution in [3.8, 4) is 5.69 Å². The maximum atomic E-state index is 10.8. The Balaban J connectivity index is 1.61. The monoisotopic (exact) mass is 449 g/mol. The van der Waals surface area contributed by atoms with Gasteiger partial charge in [-0.1, -0.05) is 53.6 Å². The van der Waals surface area contributed by atoms with Crippen molar-refractivity contribution < 1.29 is 4.92 Å². The maximum absolute atomic E-state index is 10.8. The fourth-order valence-electron chi connectivity index (χ4n) is 2.85. The largest absolute Gasteiger partial charge is 0.299 e. The van der Waals surface area contributed by atoms with Crippen LogP contribution >= 0.6 is 35.4 Å². The van der Waals surface area contributed by atoms with Crippen LogP contribution in [0.2, 0.25) is 10.0 Å². The highest BCUT2D eigenvalue weighted by Crippen LogP contribution is 2.29. The summed E-state index contributed by atoms with van der Waals surface area (Å²) in [7, 11) is 0. The van der Waals surface area contributed by atoms with Crippen LogP contribution < -0.4 is 11.1 Å². The Labute approximate surface area is 179 Å². The Morgan fingerprint density at radius 2 is 1.93 bits per heavy atom. The van der Waals surface area contributed by atoms with Gasteiger partial charge in [0.1, 0.15) is 4.64 Å². The average molecular weight is 450 g/mol. The van der Waals surface area contributed by atoms with Gasteiger partial charge in [-0.15, -0.1) is 10.6 Å². The van der Waals surface area contributed by atoms with Crippen LogP contribution in [0.25, 0.3) is 5.69 Å². The molecule has 1 aliphatic rings. The molecular weight excluding hydrogens is 437 g/mol. The standard InChI is InChI=1S/C17H13Cl2N7O2S/c18-13-2-1-3-14(15(13)19)25-17(29)12(8-20-25)16-21-22-23-24(16)9-10-4-6-11(7-5-10)26(27)28/h1-8,20,22-23H,9H2. The van der Waals surface area contributed by atoms with E-state index in [4.69, 9.17) is 35.4 Å². The number of nitrogens with zero attached hydrogens (tertiary/aromatic N) is 4. The highest BCUT2D eigenvalue weighted by atomic mass is 35.5. The number of hydrogen-bond donors (Lipinski definition) is 3. The van der Waals surface area contributed by atoms with Gasteiger partial charge in [-0.05, 0) is 17.7 Å². The lowest BCUT2D eigenvalue weighted by atomic mass is 10.2. The van der Waals surface area contributed by atoms with Crippen LogP contribution in [0.15, 0.2) is 53.8 Å². The van der Waals surface area contributed by atoms with Crippen LogP contribution in [-0.4, -0.2) is 25.5 Å². The molecule has 1 aliphatic heterocycles. The fraction of sp³-hybridized carbons (Fsp3) is 0.0588. The number of hydrogen-bond acceptors (Lipinski definition) is 7. The second-order valence-electron chi connectivity index (χ2n) is 6.07. The van der Waals surface area contributed by atoms with Gasteiger partial charge >= 0.3 is 0 Å². The number of benzene rings is 2. The zero-order valence-corrected chi connectivity index (χ0v) is 16.9. The Bertz CT molecular complexity index is 1170. The number of nitro benzene ring substituents is 1. The number of aromatic amines is 1. The molecule has 0 aliphatic carbocycles. The highest BCUT2D eigenvalue weighted by Gasteiger charge is 2.23. The summed E-state index contributed by atoms with van der Waals surface area (Å²) in [5.74, 6) is 0.557. The molecule has 0 amide bonds. The first-order chi connectivity index (χ1) is 14.0. The number of H-pyrrole nitrogens is 1. The third-order valence-corrected chi connectivity index (χ3v) is 5.49. The van der Waals surface area contributed by atoms with E-state index in [-0.39, 0.29) is 5.69 Å². The van der Waals surface area contributed by atoms with Crippen molar-refractivity contribution >= 4 is 46.9 Å². The molecule has 0 fully saturated rings. The summed E-state index contributed by atoms with van der Waals surface area (Å²) in [5.41, 5.74) is 7.80. The lowest BCUT2D eigenvalue weighted by Crippen LogP contribution is -2.40. The molecule has 12 heteroatoms. The quantitative estimate of drug-likeness (QED) is 0.309. The summed E-state index contributed by atoms with van der Waals surface area (Å²) >= 11 is 18.0. The van der Waals surface area contributed by atoms with Crippen molar-refractivity contribution in [1.82, 2.24) is 25.9 Å². The molecule has 1 aromatic heterocycles. The van der Waals surface area contributed by atoms with Crippen molar-refractivity contribution in [3.05, 3.63) is 84.6 Å². The molecule has 148 valence electrons. The van der Waals surface area contributed by atoms with Gasteiger partial charge in [-0.2, -0.15) is 0 Å². The molecule has 4 rings (SSSR count). The molecule has 2 heterocycles. The molecule has 3 N–H and O–H groups in total. The average Bonchev–Trinajstić information content (AvgIpc) is 3.30.